The molecule has 1 heterocycles. The first-order chi connectivity index (χ1) is 5.24. The molecule has 56 valence electrons. The van der Waals surface area contributed by atoms with Gasteiger partial charge in [0, 0.05) is 6.92 Å². The molecule has 0 aromatic carbocycles. The molecule has 1 aromatic heterocycles. The molecule has 1 aromatic rings. The number of nitrogens with zero attached hydrogens (tertiary/aromatic N) is 2. The predicted octanol–water partition coefficient (Wildman–Crippen LogP) is 0.492. The second-order valence-corrected chi connectivity index (χ2v) is 2.00. The maximum atomic E-state index is 10.7. The van der Waals surface area contributed by atoms with Gasteiger partial charge in [-0.15, -0.1) is 0 Å². The number of aromatic nitrogens is 2. The van der Waals surface area contributed by atoms with Crippen molar-refractivity contribution in [3.63, 3.8) is 0 Å². The van der Waals surface area contributed by atoms with Crippen LogP contribution < -0.4 is 0 Å². The Hall–Kier alpha value is -1.58. The summed E-state index contributed by atoms with van der Waals surface area (Å²) in [6.45, 7) is 1.39. The highest BCUT2D eigenvalue weighted by atomic mass is 16.1. The number of hydrogen-bond acceptors (Lipinski definition) is 4. The summed E-state index contributed by atoms with van der Waals surface area (Å²) in [6, 6.07) is 1.36. The summed E-state index contributed by atoms with van der Waals surface area (Å²) in [5.74, 6) is -0.171. The van der Waals surface area contributed by atoms with Crippen molar-refractivity contribution in [3.8, 4) is 0 Å². The maximum Gasteiger partial charge on any atom is 0.178 e. The third kappa shape index (κ3) is 1.67. The van der Waals surface area contributed by atoms with Crippen LogP contribution in [0.5, 0.6) is 0 Å². The molecule has 0 radical (unpaired) electrons. The number of ketones is 1. The molecule has 0 aliphatic heterocycles. The average Bonchev–Trinajstić information content (AvgIpc) is 2.05. The Bertz CT molecular complexity index is 296. The van der Waals surface area contributed by atoms with Crippen LogP contribution in [0.1, 0.15) is 27.9 Å². The second-order valence-electron chi connectivity index (χ2n) is 2.00. The van der Waals surface area contributed by atoms with E-state index in [1.807, 2.05) is 0 Å². The third-order valence-electron chi connectivity index (χ3n) is 1.17. The topological polar surface area (TPSA) is 59.9 Å². The molecule has 0 amide bonds. The normalized spacial score (nSPS) is 9.18. The lowest BCUT2D eigenvalue weighted by molar-refractivity contribution is 0.101. The number of rotatable bonds is 2. The van der Waals surface area contributed by atoms with Crippen molar-refractivity contribution in [1.29, 1.82) is 0 Å². The van der Waals surface area contributed by atoms with Crippen LogP contribution in [0.15, 0.2) is 12.4 Å². The van der Waals surface area contributed by atoms with Gasteiger partial charge in [0.05, 0.1) is 0 Å². The summed E-state index contributed by atoms with van der Waals surface area (Å²) in [7, 11) is 0. The minimum Gasteiger partial charge on any atom is -0.296 e. The Morgan fingerprint density at radius 2 is 2.27 bits per heavy atom. The van der Waals surface area contributed by atoms with E-state index >= 15 is 0 Å². The van der Waals surface area contributed by atoms with Crippen LogP contribution in [-0.4, -0.2) is 22.0 Å². The zero-order chi connectivity index (χ0) is 8.27. The molecule has 4 heteroatoms. The van der Waals surface area contributed by atoms with Crippen molar-refractivity contribution in [2.75, 3.05) is 0 Å². The van der Waals surface area contributed by atoms with Crippen LogP contribution in [0.2, 0.25) is 0 Å². The fourth-order valence-corrected chi connectivity index (χ4v) is 0.629. The monoisotopic (exact) mass is 150 g/mol. The molecule has 11 heavy (non-hydrogen) atoms. The zero-order valence-corrected chi connectivity index (χ0v) is 5.94. The highest BCUT2D eigenvalue weighted by Gasteiger charge is 2.01. The molecular formula is C7H6N2O2. The maximum absolute atomic E-state index is 10.7. The van der Waals surface area contributed by atoms with Gasteiger partial charge in [0.15, 0.2) is 12.1 Å². The number of carbonyl (C=O) groups is 2. The van der Waals surface area contributed by atoms with Crippen LogP contribution in [0.25, 0.3) is 0 Å². The standard InChI is InChI=1S/C7H6N2O2/c1-5(11)7-2-6(3-10)8-4-9-7/h2-4H,1H3. The van der Waals surface area contributed by atoms with E-state index in [0.29, 0.717) is 6.29 Å². The lowest BCUT2D eigenvalue weighted by Crippen LogP contribution is -1.99. The van der Waals surface area contributed by atoms with Gasteiger partial charge in [-0.2, -0.15) is 0 Å². The van der Waals surface area contributed by atoms with Crippen molar-refractivity contribution in [2.24, 2.45) is 0 Å². The van der Waals surface area contributed by atoms with Crippen molar-refractivity contribution < 1.29 is 9.59 Å². The molecule has 1 rings (SSSR count). The number of hydrogen-bond donors (Lipinski definition) is 0. The highest BCUT2D eigenvalue weighted by Crippen LogP contribution is 1.95. The number of aldehydes is 1. The van der Waals surface area contributed by atoms with Gasteiger partial charge in [-0.05, 0) is 6.07 Å². The van der Waals surface area contributed by atoms with E-state index in [4.69, 9.17) is 0 Å². The van der Waals surface area contributed by atoms with E-state index in [-0.39, 0.29) is 17.2 Å². The average molecular weight is 150 g/mol. The van der Waals surface area contributed by atoms with E-state index in [9.17, 15) is 9.59 Å². The minimum absolute atomic E-state index is 0.171. The molecule has 4 nitrogen and oxygen atoms in total. The Kier molecular flexibility index (Phi) is 2.06. The smallest absolute Gasteiger partial charge is 0.178 e. The fraction of sp³-hybridized carbons (Fsp3) is 0.143. The summed E-state index contributed by atoms with van der Waals surface area (Å²) >= 11 is 0. The quantitative estimate of drug-likeness (QED) is 0.454. The largest absolute Gasteiger partial charge is 0.296 e. The van der Waals surface area contributed by atoms with Crippen LogP contribution in [0.3, 0.4) is 0 Å². The van der Waals surface area contributed by atoms with Gasteiger partial charge >= 0.3 is 0 Å². The van der Waals surface area contributed by atoms with Crippen LogP contribution in [0.4, 0.5) is 0 Å². The molecule has 0 bridgehead atoms. The lowest BCUT2D eigenvalue weighted by Gasteiger charge is -1.92. The van der Waals surface area contributed by atoms with Crippen LogP contribution in [-0.2, 0) is 0 Å². The molecule has 0 saturated carbocycles. The number of Topliss-reactive ketones (excluding diaryl/α,β-unsaturated/α-hetero) is 1. The molecular weight excluding hydrogens is 144 g/mol. The first kappa shape index (κ1) is 7.53. The minimum atomic E-state index is -0.171. The lowest BCUT2D eigenvalue weighted by atomic mass is 10.3. The van der Waals surface area contributed by atoms with E-state index < -0.39 is 0 Å². The van der Waals surface area contributed by atoms with E-state index in [0.717, 1.165) is 0 Å². The molecule has 0 N–H and O–H groups in total. The molecule has 0 unspecified atom stereocenters. The Labute approximate surface area is 63.3 Å². The van der Waals surface area contributed by atoms with Gasteiger partial charge in [-0.1, -0.05) is 0 Å². The Morgan fingerprint density at radius 3 is 2.82 bits per heavy atom. The predicted molar refractivity (Wildman–Crippen MR) is 37.4 cm³/mol. The van der Waals surface area contributed by atoms with E-state index in [2.05, 4.69) is 9.97 Å². The first-order valence-corrected chi connectivity index (χ1v) is 3.02. The fourth-order valence-electron chi connectivity index (χ4n) is 0.629. The summed E-state index contributed by atoms with van der Waals surface area (Å²) < 4.78 is 0. The molecule has 0 atom stereocenters. The first-order valence-electron chi connectivity index (χ1n) is 3.02. The van der Waals surface area contributed by atoms with Gasteiger partial charge in [0.1, 0.15) is 17.7 Å². The van der Waals surface area contributed by atoms with Gasteiger partial charge in [-0.25, -0.2) is 9.97 Å². The van der Waals surface area contributed by atoms with Gasteiger partial charge in [0.2, 0.25) is 0 Å². The van der Waals surface area contributed by atoms with Crippen molar-refractivity contribution in [1.82, 2.24) is 9.97 Å². The second kappa shape index (κ2) is 3.01. The van der Waals surface area contributed by atoms with E-state index in [1.165, 1.54) is 19.3 Å². The van der Waals surface area contributed by atoms with Crippen molar-refractivity contribution >= 4 is 12.1 Å². The Balaban J connectivity index is 3.10. The van der Waals surface area contributed by atoms with E-state index in [1.54, 1.807) is 0 Å². The molecule has 0 fully saturated rings. The zero-order valence-electron chi connectivity index (χ0n) is 5.94. The molecule has 0 aliphatic rings. The summed E-state index contributed by atoms with van der Waals surface area (Å²) in [5, 5.41) is 0. The Morgan fingerprint density at radius 1 is 1.55 bits per heavy atom. The highest BCUT2D eigenvalue weighted by molar-refractivity contribution is 5.93. The molecule has 0 spiro atoms. The summed E-state index contributed by atoms with van der Waals surface area (Å²) in [6.07, 6.45) is 1.77. The molecule has 0 aliphatic carbocycles. The summed E-state index contributed by atoms with van der Waals surface area (Å²) in [4.78, 5) is 28.2. The van der Waals surface area contributed by atoms with Gasteiger partial charge in [0.25, 0.3) is 0 Å². The third-order valence-corrected chi connectivity index (χ3v) is 1.17. The van der Waals surface area contributed by atoms with Crippen molar-refractivity contribution in [3.05, 3.63) is 23.8 Å². The SMILES string of the molecule is CC(=O)c1cc(C=O)ncn1. The van der Waals surface area contributed by atoms with Gasteiger partial charge < -0.3 is 0 Å². The molecule has 0 saturated heterocycles. The summed E-state index contributed by atoms with van der Waals surface area (Å²) in [5.41, 5.74) is 0.493. The number of carbonyl (C=O) groups excluding carboxylic acids is 2. The van der Waals surface area contributed by atoms with Crippen molar-refractivity contribution in [2.45, 2.75) is 6.92 Å². The van der Waals surface area contributed by atoms with Gasteiger partial charge in [-0.3, -0.25) is 9.59 Å². The van der Waals surface area contributed by atoms with Crippen LogP contribution in [0, 0.1) is 0 Å². The van der Waals surface area contributed by atoms with Crippen LogP contribution >= 0.6 is 0 Å².